The molecule has 0 saturated carbocycles. The van der Waals surface area contributed by atoms with E-state index in [0.29, 0.717) is 53.2 Å². The fourth-order valence-corrected chi connectivity index (χ4v) is 6.79. The van der Waals surface area contributed by atoms with Crippen molar-refractivity contribution in [1.82, 2.24) is 10.2 Å². The van der Waals surface area contributed by atoms with Crippen LogP contribution in [-0.4, -0.2) is 69.0 Å². The summed E-state index contributed by atoms with van der Waals surface area (Å²) in [4.78, 5) is 41.7. The van der Waals surface area contributed by atoms with Crippen molar-refractivity contribution in [2.24, 2.45) is 0 Å². The van der Waals surface area contributed by atoms with Gasteiger partial charge in [-0.15, -0.1) is 0 Å². The summed E-state index contributed by atoms with van der Waals surface area (Å²) in [6.07, 6.45) is 2.86. The van der Waals surface area contributed by atoms with Crippen LogP contribution in [0.5, 0.6) is 0 Å². The van der Waals surface area contributed by atoms with Crippen molar-refractivity contribution >= 4 is 39.1 Å². The number of carbonyl (C=O) groups is 3. The number of aryl methyl sites for hydroxylation is 1. The molecule has 2 aliphatic heterocycles. The molecular weight excluding hydrogens is 576 g/mol. The number of likely N-dealkylation sites (tertiary alicyclic amines) is 1. The van der Waals surface area contributed by atoms with E-state index >= 15 is 0 Å². The van der Waals surface area contributed by atoms with Gasteiger partial charge in [-0.2, -0.15) is 0 Å². The van der Waals surface area contributed by atoms with Gasteiger partial charge in [-0.3, -0.25) is 19.3 Å². The van der Waals surface area contributed by atoms with Gasteiger partial charge in [0, 0.05) is 29.9 Å². The van der Waals surface area contributed by atoms with E-state index in [1.54, 1.807) is 37.3 Å². The van der Waals surface area contributed by atoms with Crippen LogP contribution in [0.25, 0.3) is 11.1 Å². The van der Waals surface area contributed by atoms with Gasteiger partial charge in [0.25, 0.3) is 0 Å². The molecule has 8 nitrogen and oxygen atoms in total. The molecular formula is C32H33ClN2O6S. The van der Waals surface area contributed by atoms with Gasteiger partial charge >= 0.3 is 5.97 Å². The molecule has 3 aromatic carbocycles. The van der Waals surface area contributed by atoms with Crippen LogP contribution in [0.2, 0.25) is 5.02 Å². The van der Waals surface area contributed by atoms with Crippen molar-refractivity contribution in [2.45, 2.75) is 42.6 Å². The van der Waals surface area contributed by atoms with Crippen LogP contribution in [0.4, 0.5) is 0 Å². The van der Waals surface area contributed by atoms with Crippen LogP contribution in [0, 0.1) is 6.92 Å². The van der Waals surface area contributed by atoms with Gasteiger partial charge in [0.05, 0.1) is 11.4 Å². The Hall–Kier alpha value is -3.53. The van der Waals surface area contributed by atoms with Crippen LogP contribution in [-0.2, 0) is 35.4 Å². The van der Waals surface area contributed by atoms with Crippen molar-refractivity contribution < 1.29 is 27.5 Å². The Bertz CT molecular complexity index is 1640. The molecule has 42 heavy (non-hydrogen) atoms. The Morgan fingerprint density at radius 3 is 2.60 bits per heavy atom. The quantitative estimate of drug-likeness (QED) is 0.303. The number of piperidine rings is 1. The van der Waals surface area contributed by atoms with Crippen LogP contribution >= 0.6 is 11.6 Å². The fraction of sp³-hybridized carbons (Fsp3) is 0.344. The third-order valence-electron chi connectivity index (χ3n) is 7.96. The Morgan fingerprint density at radius 1 is 1.10 bits per heavy atom. The summed E-state index contributed by atoms with van der Waals surface area (Å²) in [5, 5.41) is 3.23. The molecule has 0 bridgehead atoms. The van der Waals surface area contributed by atoms with Crippen molar-refractivity contribution in [2.75, 3.05) is 32.4 Å². The van der Waals surface area contributed by atoms with Crippen LogP contribution in [0.1, 0.15) is 35.4 Å². The second-order valence-corrected chi connectivity index (χ2v) is 13.5. The molecule has 0 aliphatic carbocycles. The number of amides is 1. The normalized spacial score (nSPS) is 21.0. The number of ether oxygens (including phenoxy) is 1. The van der Waals surface area contributed by atoms with Gasteiger partial charge in [-0.05, 0) is 79.3 Å². The summed E-state index contributed by atoms with van der Waals surface area (Å²) < 4.78 is 29.9. The predicted molar refractivity (Wildman–Crippen MR) is 160 cm³/mol. The molecule has 5 rings (SSSR count). The summed E-state index contributed by atoms with van der Waals surface area (Å²) in [7, 11) is -3.41. The number of carbonyl (C=O) groups excluding carboxylic acids is 3. The highest BCUT2D eigenvalue weighted by Gasteiger charge is 2.57. The largest absolute Gasteiger partial charge is 0.449 e. The van der Waals surface area contributed by atoms with Crippen molar-refractivity contribution in [1.29, 1.82) is 0 Å². The highest BCUT2D eigenvalue weighted by molar-refractivity contribution is 7.90. The third kappa shape index (κ3) is 6.28. The van der Waals surface area contributed by atoms with Crippen LogP contribution < -0.4 is 5.32 Å². The molecule has 2 heterocycles. The van der Waals surface area contributed by atoms with E-state index in [2.05, 4.69) is 5.32 Å². The molecule has 0 aromatic heterocycles. The molecule has 3 aromatic rings. The van der Waals surface area contributed by atoms with Gasteiger partial charge in [-0.25, -0.2) is 8.42 Å². The second-order valence-electron chi connectivity index (χ2n) is 11.1. The molecule has 0 radical (unpaired) electrons. The molecule has 10 heteroatoms. The Labute approximate surface area is 250 Å². The number of halogens is 1. The topological polar surface area (TPSA) is 110 Å². The maximum absolute atomic E-state index is 13.8. The molecule has 2 unspecified atom stereocenters. The minimum absolute atomic E-state index is 0.109. The highest BCUT2D eigenvalue weighted by Crippen LogP contribution is 2.43. The average Bonchev–Trinajstić information content (AvgIpc) is 3.17. The summed E-state index contributed by atoms with van der Waals surface area (Å²) in [6, 6.07) is 19.7. The highest BCUT2D eigenvalue weighted by atomic mass is 35.5. The number of benzene rings is 3. The minimum Gasteiger partial charge on any atom is -0.449 e. The van der Waals surface area contributed by atoms with E-state index in [1.165, 1.54) is 6.07 Å². The first kappa shape index (κ1) is 29.9. The number of nitrogens with one attached hydrogen (secondary N) is 1. The van der Waals surface area contributed by atoms with E-state index in [0.717, 1.165) is 18.2 Å². The van der Waals surface area contributed by atoms with Gasteiger partial charge in [0.2, 0.25) is 5.91 Å². The molecule has 220 valence electrons. The van der Waals surface area contributed by atoms with E-state index in [1.807, 2.05) is 35.2 Å². The number of hydrogen-bond acceptors (Lipinski definition) is 7. The molecule has 2 atom stereocenters. The van der Waals surface area contributed by atoms with Crippen molar-refractivity contribution in [3.63, 3.8) is 0 Å². The summed E-state index contributed by atoms with van der Waals surface area (Å²) >= 11 is 6.65. The molecule has 2 fully saturated rings. The van der Waals surface area contributed by atoms with E-state index < -0.39 is 27.3 Å². The second kappa shape index (κ2) is 12.0. The predicted octanol–water partition coefficient (Wildman–Crippen LogP) is 4.12. The Morgan fingerprint density at radius 2 is 1.86 bits per heavy atom. The lowest BCUT2D eigenvalue weighted by Crippen LogP contribution is -2.54. The number of sulfone groups is 1. The zero-order valence-corrected chi connectivity index (χ0v) is 25.1. The van der Waals surface area contributed by atoms with Crippen molar-refractivity contribution in [3.8, 4) is 11.1 Å². The number of esters is 1. The third-order valence-corrected chi connectivity index (χ3v) is 9.39. The van der Waals surface area contributed by atoms with Crippen LogP contribution in [0.3, 0.4) is 0 Å². The maximum Gasteiger partial charge on any atom is 0.322 e. The molecule has 1 spiro atoms. The first-order chi connectivity index (χ1) is 20.0. The van der Waals surface area contributed by atoms with E-state index in [4.69, 9.17) is 16.3 Å². The lowest BCUT2D eigenvalue weighted by molar-refractivity contribution is -0.157. The summed E-state index contributed by atoms with van der Waals surface area (Å²) in [5.41, 5.74) is 2.15. The lowest BCUT2D eigenvalue weighted by Gasteiger charge is -2.37. The van der Waals surface area contributed by atoms with Gasteiger partial charge in [0.15, 0.2) is 21.2 Å². The molecule has 2 aliphatic rings. The Kier molecular flexibility index (Phi) is 8.55. The SMILES string of the molecule is Cc1cc(-c2cccc(S(C)(=O)=O)c2)c(Cl)cc1C1C(=O)OC2(CCCN(CC(=O)NCCc3ccccc3)C2)C1=O. The average molecular weight is 609 g/mol. The smallest absolute Gasteiger partial charge is 0.322 e. The number of hydrogen-bond donors (Lipinski definition) is 1. The molecule has 2 saturated heterocycles. The fourth-order valence-electron chi connectivity index (χ4n) is 5.84. The van der Waals surface area contributed by atoms with Gasteiger partial charge in [-0.1, -0.05) is 54.1 Å². The number of nitrogens with zero attached hydrogens (tertiary/aromatic N) is 1. The number of Topliss-reactive ketones (excluding diaryl/α,β-unsaturated/α-hetero) is 1. The first-order valence-electron chi connectivity index (χ1n) is 13.9. The van der Waals surface area contributed by atoms with Gasteiger partial charge in [0.1, 0.15) is 5.92 Å². The van der Waals surface area contributed by atoms with E-state index in [-0.39, 0.29) is 29.7 Å². The number of ketones is 1. The lowest BCUT2D eigenvalue weighted by atomic mass is 9.81. The van der Waals surface area contributed by atoms with Crippen molar-refractivity contribution in [3.05, 3.63) is 88.4 Å². The minimum atomic E-state index is -3.41. The number of rotatable bonds is 8. The maximum atomic E-state index is 13.8. The monoisotopic (exact) mass is 608 g/mol. The van der Waals surface area contributed by atoms with E-state index in [9.17, 15) is 22.8 Å². The summed E-state index contributed by atoms with van der Waals surface area (Å²) in [5.74, 6) is -2.22. The molecule has 1 amide bonds. The Balaban J connectivity index is 1.29. The summed E-state index contributed by atoms with van der Waals surface area (Å²) in [6.45, 7) is 3.18. The first-order valence-corrected chi connectivity index (χ1v) is 16.1. The van der Waals surface area contributed by atoms with Gasteiger partial charge < -0.3 is 10.1 Å². The zero-order valence-electron chi connectivity index (χ0n) is 23.6. The van der Waals surface area contributed by atoms with Crippen LogP contribution in [0.15, 0.2) is 71.6 Å². The zero-order chi connectivity index (χ0) is 30.1. The standard InChI is InChI=1S/C32H33ClN2O6S/c1-21-16-26(23-10-6-11-24(17-23)42(2,39)40)27(33)18-25(21)29-30(37)32(41-31(29)38)13-7-15-35(20-32)19-28(36)34-14-12-22-8-4-3-5-9-22/h3-6,8-11,16-18,29H,7,12-15,19-20H2,1-2H3,(H,34,36). The molecule has 1 N–H and O–H groups in total.